The molecular formula is C16H19N5O3. The van der Waals surface area contributed by atoms with E-state index in [1.807, 2.05) is 17.0 Å². The number of carbonyl (C=O) groups is 1. The smallest absolute Gasteiger partial charge is 0.306 e. The molecule has 0 spiro atoms. The van der Waals surface area contributed by atoms with Crippen LogP contribution < -0.4 is 0 Å². The molecule has 0 bridgehead atoms. The highest BCUT2D eigenvalue weighted by molar-refractivity contribution is 5.76. The molecule has 0 aromatic carbocycles. The minimum absolute atomic E-state index is 0.0550. The molecule has 1 saturated heterocycles. The van der Waals surface area contributed by atoms with Crippen LogP contribution in [-0.4, -0.2) is 43.6 Å². The van der Waals surface area contributed by atoms with E-state index in [0.29, 0.717) is 18.9 Å². The normalized spacial score (nSPS) is 15.4. The molecule has 24 heavy (non-hydrogen) atoms. The molecule has 0 saturated carbocycles. The Morgan fingerprint density at radius 1 is 1.29 bits per heavy atom. The maximum atomic E-state index is 12.3. The van der Waals surface area contributed by atoms with Crippen molar-refractivity contribution in [3.63, 3.8) is 0 Å². The van der Waals surface area contributed by atoms with Gasteiger partial charge in [0, 0.05) is 38.4 Å². The summed E-state index contributed by atoms with van der Waals surface area (Å²) in [5, 5.41) is 14.5. The molecule has 0 radical (unpaired) electrons. The van der Waals surface area contributed by atoms with E-state index in [0.717, 1.165) is 25.9 Å². The number of pyridine rings is 1. The Kier molecular flexibility index (Phi) is 4.83. The summed E-state index contributed by atoms with van der Waals surface area (Å²) in [4.78, 5) is 28.3. The number of carbonyl (C=O) groups excluding carboxylic acids is 1. The average Bonchev–Trinajstić information content (AvgIpc) is 3.10. The summed E-state index contributed by atoms with van der Waals surface area (Å²) in [7, 11) is 0. The van der Waals surface area contributed by atoms with Crippen LogP contribution in [0.25, 0.3) is 0 Å². The Hall–Kier alpha value is -2.77. The van der Waals surface area contributed by atoms with E-state index >= 15 is 0 Å². The Morgan fingerprint density at radius 3 is 2.62 bits per heavy atom. The number of aromatic nitrogens is 3. The van der Waals surface area contributed by atoms with Gasteiger partial charge in [0.25, 0.3) is 0 Å². The molecule has 1 aliphatic heterocycles. The van der Waals surface area contributed by atoms with Crippen molar-refractivity contribution < 1.29 is 9.72 Å². The van der Waals surface area contributed by atoms with E-state index in [1.165, 1.54) is 22.6 Å². The lowest BCUT2D eigenvalue weighted by molar-refractivity contribution is -0.385. The summed E-state index contributed by atoms with van der Waals surface area (Å²) in [5.41, 5.74) is 1.22. The van der Waals surface area contributed by atoms with Gasteiger partial charge in [-0.3, -0.25) is 24.6 Å². The number of amides is 1. The van der Waals surface area contributed by atoms with Gasteiger partial charge >= 0.3 is 5.69 Å². The lowest BCUT2D eigenvalue weighted by Gasteiger charge is -2.32. The van der Waals surface area contributed by atoms with Crippen LogP contribution in [0.4, 0.5) is 5.69 Å². The highest BCUT2D eigenvalue weighted by atomic mass is 16.6. The molecule has 1 aliphatic rings. The molecule has 0 N–H and O–H groups in total. The Morgan fingerprint density at radius 2 is 2.00 bits per heavy atom. The zero-order valence-electron chi connectivity index (χ0n) is 13.2. The quantitative estimate of drug-likeness (QED) is 0.617. The van der Waals surface area contributed by atoms with Gasteiger partial charge in [-0.25, -0.2) is 0 Å². The molecule has 2 aromatic heterocycles. The van der Waals surface area contributed by atoms with Gasteiger partial charge in [0.15, 0.2) is 0 Å². The van der Waals surface area contributed by atoms with E-state index in [-0.39, 0.29) is 11.6 Å². The van der Waals surface area contributed by atoms with Crippen molar-refractivity contribution in [3.05, 3.63) is 52.6 Å². The third-order valence-electron chi connectivity index (χ3n) is 4.41. The van der Waals surface area contributed by atoms with Crippen LogP contribution >= 0.6 is 0 Å². The molecular weight excluding hydrogens is 310 g/mol. The predicted octanol–water partition coefficient (Wildman–Crippen LogP) is 1.98. The maximum Gasteiger partial charge on any atom is 0.306 e. The fourth-order valence-corrected chi connectivity index (χ4v) is 3.04. The van der Waals surface area contributed by atoms with Crippen LogP contribution in [0.5, 0.6) is 0 Å². The van der Waals surface area contributed by atoms with E-state index < -0.39 is 4.92 Å². The van der Waals surface area contributed by atoms with Gasteiger partial charge in [-0.15, -0.1) is 0 Å². The number of nitrogens with zero attached hydrogens (tertiary/aromatic N) is 5. The van der Waals surface area contributed by atoms with Crippen LogP contribution in [0.1, 0.15) is 30.7 Å². The van der Waals surface area contributed by atoms with E-state index in [4.69, 9.17) is 0 Å². The van der Waals surface area contributed by atoms with Gasteiger partial charge in [0.05, 0.1) is 4.92 Å². The predicted molar refractivity (Wildman–Crippen MR) is 86.3 cm³/mol. The summed E-state index contributed by atoms with van der Waals surface area (Å²) in [6, 6.07) is 4.07. The monoisotopic (exact) mass is 329 g/mol. The summed E-state index contributed by atoms with van der Waals surface area (Å²) in [6.45, 7) is 1.84. The van der Waals surface area contributed by atoms with Crippen molar-refractivity contribution >= 4 is 11.6 Å². The third kappa shape index (κ3) is 3.76. The van der Waals surface area contributed by atoms with Crippen molar-refractivity contribution in [3.8, 4) is 0 Å². The van der Waals surface area contributed by atoms with Crippen LogP contribution in [0, 0.1) is 10.1 Å². The van der Waals surface area contributed by atoms with Crippen LogP contribution in [0.3, 0.4) is 0 Å². The van der Waals surface area contributed by atoms with Crippen LogP contribution in [0.2, 0.25) is 0 Å². The first-order chi connectivity index (χ1) is 11.6. The van der Waals surface area contributed by atoms with Crippen molar-refractivity contribution in [2.45, 2.75) is 31.7 Å². The molecule has 8 heteroatoms. The molecule has 0 unspecified atom stereocenters. The average molecular weight is 329 g/mol. The summed E-state index contributed by atoms with van der Waals surface area (Å²) in [6.07, 6.45) is 8.35. The van der Waals surface area contributed by atoms with Crippen LogP contribution in [-0.2, 0) is 11.3 Å². The van der Waals surface area contributed by atoms with E-state index in [1.54, 1.807) is 12.4 Å². The first-order valence-corrected chi connectivity index (χ1v) is 7.98. The Bertz CT molecular complexity index is 708. The SMILES string of the molecule is O=C(CCn1cc([N+](=O)[O-])cn1)N1CCC(c2ccncc2)CC1. The summed E-state index contributed by atoms with van der Waals surface area (Å²) < 4.78 is 1.44. The van der Waals surface area contributed by atoms with Crippen molar-refractivity contribution in [2.75, 3.05) is 13.1 Å². The zero-order chi connectivity index (χ0) is 16.9. The summed E-state index contributed by atoms with van der Waals surface area (Å²) in [5.74, 6) is 0.548. The number of aryl methyl sites for hydroxylation is 1. The lowest BCUT2D eigenvalue weighted by atomic mass is 9.90. The van der Waals surface area contributed by atoms with Gasteiger partial charge in [-0.2, -0.15) is 5.10 Å². The van der Waals surface area contributed by atoms with E-state index in [2.05, 4.69) is 10.1 Å². The number of nitro groups is 1. The second-order valence-corrected chi connectivity index (χ2v) is 5.90. The molecule has 3 rings (SSSR count). The molecule has 3 heterocycles. The maximum absolute atomic E-state index is 12.3. The third-order valence-corrected chi connectivity index (χ3v) is 4.41. The van der Waals surface area contributed by atoms with Crippen molar-refractivity contribution in [1.82, 2.24) is 19.7 Å². The van der Waals surface area contributed by atoms with Crippen molar-refractivity contribution in [2.24, 2.45) is 0 Å². The first kappa shape index (κ1) is 16.1. The number of hydrogen-bond donors (Lipinski definition) is 0. The van der Waals surface area contributed by atoms with Crippen molar-refractivity contribution in [1.29, 1.82) is 0 Å². The second-order valence-electron chi connectivity index (χ2n) is 5.90. The highest BCUT2D eigenvalue weighted by Crippen LogP contribution is 2.27. The summed E-state index contributed by atoms with van der Waals surface area (Å²) >= 11 is 0. The fraction of sp³-hybridized carbons (Fsp3) is 0.438. The lowest BCUT2D eigenvalue weighted by Crippen LogP contribution is -2.38. The number of rotatable bonds is 5. The first-order valence-electron chi connectivity index (χ1n) is 7.98. The topological polar surface area (TPSA) is 94.2 Å². The Labute approximate surface area is 139 Å². The van der Waals surface area contributed by atoms with Crippen LogP contribution in [0.15, 0.2) is 36.9 Å². The molecule has 0 aliphatic carbocycles. The largest absolute Gasteiger partial charge is 0.343 e. The minimum atomic E-state index is -0.491. The van der Waals surface area contributed by atoms with Gasteiger partial charge in [0.1, 0.15) is 12.4 Å². The van der Waals surface area contributed by atoms with Gasteiger partial charge in [-0.1, -0.05) is 0 Å². The van der Waals surface area contributed by atoms with Gasteiger partial charge < -0.3 is 4.90 Å². The number of likely N-dealkylation sites (tertiary alicyclic amines) is 1. The molecule has 1 amide bonds. The molecule has 1 fully saturated rings. The molecule has 8 nitrogen and oxygen atoms in total. The van der Waals surface area contributed by atoms with Gasteiger partial charge in [-0.05, 0) is 36.5 Å². The molecule has 2 aromatic rings. The van der Waals surface area contributed by atoms with E-state index in [9.17, 15) is 14.9 Å². The number of hydrogen-bond acceptors (Lipinski definition) is 5. The zero-order valence-corrected chi connectivity index (χ0v) is 13.2. The minimum Gasteiger partial charge on any atom is -0.343 e. The number of piperidine rings is 1. The fourth-order valence-electron chi connectivity index (χ4n) is 3.04. The molecule has 126 valence electrons. The van der Waals surface area contributed by atoms with Gasteiger partial charge in [0.2, 0.25) is 5.91 Å². The second kappa shape index (κ2) is 7.20. The highest BCUT2D eigenvalue weighted by Gasteiger charge is 2.23. The standard InChI is InChI=1S/C16H19N5O3/c22-16(5-10-20-12-15(11-18-20)21(23)24)19-8-3-14(4-9-19)13-1-6-17-7-2-13/h1-2,6-7,11-12,14H,3-5,8-10H2. The Balaban J connectivity index is 1.47. The molecule has 0 atom stereocenters.